The number of methoxy groups -OCH3 is 2. The second-order valence-corrected chi connectivity index (χ2v) is 9.47. The smallest absolute Gasteiger partial charge is 0.240 e. The first-order valence-corrected chi connectivity index (χ1v) is 11.1. The summed E-state index contributed by atoms with van der Waals surface area (Å²) in [6.45, 7) is -0.210. The second kappa shape index (κ2) is 8.35. The summed E-state index contributed by atoms with van der Waals surface area (Å²) in [7, 11) is -4.50. The van der Waals surface area contributed by atoms with Gasteiger partial charge in [-0.3, -0.25) is 0 Å². The van der Waals surface area contributed by atoms with Gasteiger partial charge in [0.2, 0.25) is 20.0 Å². The molecular weight excluding hydrogens is 368 g/mol. The lowest BCUT2D eigenvalue weighted by Crippen LogP contribution is -2.38. The summed E-state index contributed by atoms with van der Waals surface area (Å²) in [5.41, 5.74) is 0. The standard InChI is InChI=1S/C15H24N2O6S2/c1-22-14-8-7-13(11-15(14)23-2)25(20,21)16-9-10-24(18,19)17-12-5-3-4-6-12/h7-8,11-12,16-17H,3-6,9-10H2,1-2H3. The van der Waals surface area contributed by atoms with Gasteiger partial charge in [-0.05, 0) is 25.0 Å². The van der Waals surface area contributed by atoms with Crippen LogP contribution < -0.4 is 18.9 Å². The molecule has 0 spiro atoms. The molecule has 8 nitrogen and oxygen atoms in total. The number of hydrogen-bond donors (Lipinski definition) is 2. The molecule has 1 aliphatic rings. The topological polar surface area (TPSA) is 111 Å². The Bertz CT molecular complexity index is 786. The number of benzene rings is 1. The van der Waals surface area contributed by atoms with Crippen LogP contribution in [0.5, 0.6) is 11.5 Å². The fourth-order valence-corrected chi connectivity index (χ4v) is 5.14. The maximum absolute atomic E-state index is 12.3. The molecule has 0 bridgehead atoms. The van der Waals surface area contributed by atoms with Gasteiger partial charge < -0.3 is 9.47 Å². The maximum Gasteiger partial charge on any atom is 0.240 e. The number of sulfonamides is 2. The van der Waals surface area contributed by atoms with Gasteiger partial charge in [0.05, 0.1) is 24.9 Å². The molecule has 1 saturated carbocycles. The van der Waals surface area contributed by atoms with Gasteiger partial charge in [0.15, 0.2) is 11.5 Å². The lowest BCUT2D eigenvalue weighted by molar-refractivity contribution is 0.354. The third-order valence-electron chi connectivity index (χ3n) is 4.03. The van der Waals surface area contributed by atoms with Crippen molar-refractivity contribution in [1.82, 2.24) is 9.44 Å². The molecule has 0 unspecified atom stereocenters. The van der Waals surface area contributed by atoms with Gasteiger partial charge >= 0.3 is 0 Å². The Morgan fingerprint density at radius 2 is 1.68 bits per heavy atom. The molecule has 1 aromatic rings. The molecule has 2 N–H and O–H groups in total. The molecule has 1 aliphatic carbocycles. The van der Waals surface area contributed by atoms with Crippen LogP contribution in [0.4, 0.5) is 0 Å². The first-order chi connectivity index (χ1) is 11.8. The van der Waals surface area contributed by atoms with E-state index in [-0.39, 0.29) is 29.0 Å². The lowest BCUT2D eigenvalue weighted by Gasteiger charge is -2.13. The predicted molar refractivity (Wildman–Crippen MR) is 93.9 cm³/mol. The van der Waals surface area contributed by atoms with Gasteiger partial charge in [-0.25, -0.2) is 26.3 Å². The molecule has 1 fully saturated rings. The van der Waals surface area contributed by atoms with Gasteiger partial charge in [-0.2, -0.15) is 0 Å². The average Bonchev–Trinajstić information content (AvgIpc) is 3.05. The van der Waals surface area contributed by atoms with Crippen LogP contribution >= 0.6 is 0 Å². The largest absolute Gasteiger partial charge is 0.493 e. The van der Waals surface area contributed by atoms with Crippen molar-refractivity contribution in [3.05, 3.63) is 18.2 Å². The Hall–Kier alpha value is -1.36. The molecule has 2 rings (SSSR count). The number of rotatable bonds is 9. The summed E-state index contributed by atoms with van der Waals surface area (Å²) in [6, 6.07) is 4.14. The van der Waals surface area contributed by atoms with Crippen LogP contribution in [-0.4, -0.2) is 49.4 Å². The summed E-state index contributed by atoms with van der Waals surface area (Å²) in [4.78, 5) is -0.0219. The van der Waals surface area contributed by atoms with E-state index in [1.807, 2.05) is 0 Å². The first-order valence-electron chi connectivity index (χ1n) is 7.99. The van der Waals surface area contributed by atoms with Gasteiger partial charge in [0.25, 0.3) is 0 Å². The Morgan fingerprint density at radius 3 is 2.28 bits per heavy atom. The van der Waals surface area contributed by atoms with E-state index >= 15 is 0 Å². The predicted octanol–water partition coefficient (Wildman–Crippen LogP) is 0.844. The van der Waals surface area contributed by atoms with Crippen LogP contribution in [0.25, 0.3) is 0 Å². The van der Waals surface area contributed by atoms with Gasteiger partial charge in [-0.1, -0.05) is 12.8 Å². The molecule has 1 aromatic carbocycles. The van der Waals surface area contributed by atoms with Crippen molar-refractivity contribution in [3.8, 4) is 11.5 Å². The molecule has 25 heavy (non-hydrogen) atoms. The van der Waals surface area contributed by atoms with Gasteiger partial charge in [0.1, 0.15) is 0 Å². The summed E-state index contributed by atoms with van der Waals surface area (Å²) < 4.78 is 63.7. The molecule has 0 heterocycles. The van der Waals surface area contributed by atoms with Gasteiger partial charge in [-0.15, -0.1) is 0 Å². The van der Waals surface area contributed by atoms with Gasteiger partial charge in [0, 0.05) is 18.7 Å². The van der Waals surface area contributed by atoms with E-state index in [2.05, 4.69) is 9.44 Å². The van der Waals surface area contributed by atoms with Crippen LogP contribution in [0.15, 0.2) is 23.1 Å². The van der Waals surface area contributed by atoms with E-state index in [9.17, 15) is 16.8 Å². The average molecular weight is 392 g/mol. The Labute approximate surface area is 149 Å². The minimum absolute atomic E-state index is 0.0219. The highest BCUT2D eigenvalue weighted by atomic mass is 32.2. The van der Waals surface area contributed by atoms with E-state index in [0.717, 1.165) is 25.7 Å². The van der Waals surface area contributed by atoms with Crippen LogP contribution in [0, 0.1) is 0 Å². The third-order valence-corrected chi connectivity index (χ3v) is 6.92. The minimum atomic E-state index is -3.85. The highest BCUT2D eigenvalue weighted by molar-refractivity contribution is 7.90. The molecule has 0 atom stereocenters. The maximum atomic E-state index is 12.3. The zero-order valence-electron chi connectivity index (χ0n) is 14.3. The Balaban J connectivity index is 1.97. The zero-order chi connectivity index (χ0) is 18.5. The summed E-state index contributed by atoms with van der Waals surface area (Å²) in [5.74, 6) is 0.376. The summed E-state index contributed by atoms with van der Waals surface area (Å²) in [6.07, 6.45) is 3.69. The van der Waals surface area contributed by atoms with E-state index in [0.29, 0.717) is 5.75 Å². The first kappa shape index (κ1) is 20.0. The highest BCUT2D eigenvalue weighted by Gasteiger charge is 2.22. The van der Waals surface area contributed by atoms with Crippen LogP contribution in [-0.2, 0) is 20.0 Å². The van der Waals surface area contributed by atoms with E-state index in [4.69, 9.17) is 9.47 Å². The summed E-state index contributed by atoms with van der Waals surface area (Å²) >= 11 is 0. The molecule has 10 heteroatoms. The van der Waals surface area contributed by atoms with E-state index in [1.54, 1.807) is 0 Å². The molecule has 0 radical (unpaired) electrons. The quantitative estimate of drug-likeness (QED) is 0.644. The zero-order valence-corrected chi connectivity index (χ0v) is 16.0. The third kappa shape index (κ3) is 5.56. The highest BCUT2D eigenvalue weighted by Crippen LogP contribution is 2.29. The Kier molecular flexibility index (Phi) is 6.66. The Morgan fingerprint density at radius 1 is 1.04 bits per heavy atom. The van der Waals surface area contributed by atoms with Crippen molar-refractivity contribution >= 4 is 20.0 Å². The number of nitrogens with one attached hydrogen (secondary N) is 2. The van der Waals surface area contributed by atoms with Crippen LogP contribution in [0.1, 0.15) is 25.7 Å². The number of hydrogen-bond acceptors (Lipinski definition) is 6. The second-order valence-electron chi connectivity index (χ2n) is 5.83. The molecular formula is C15H24N2O6S2. The molecule has 0 amide bonds. The molecule has 0 aliphatic heterocycles. The van der Waals surface area contributed by atoms with Crippen molar-refractivity contribution in [2.75, 3.05) is 26.5 Å². The van der Waals surface area contributed by atoms with Crippen molar-refractivity contribution in [1.29, 1.82) is 0 Å². The van der Waals surface area contributed by atoms with Crippen molar-refractivity contribution in [2.24, 2.45) is 0 Å². The van der Waals surface area contributed by atoms with Crippen molar-refractivity contribution < 1.29 is 26.3 Å². The fourth-order valence-electron chi connectivity index (χ4n) is 2.73. The molecule has 0 aromatic heterocycles. The lowest BCUT2D eigenvalue weighted by atomic mass is 10.3. The minimum Gasteiger partial charge on any atom is -0.493 e. The molecule has 0 saturated heterocycles. The summed E-state index contributed by atoms with van der Waals surface area (Å²) in [5, 5.41) is 0. The van der Waals surface area contributed by atoms with E-state index < -0.39 is 20.0 Å². The number of ether oxygens (including phenoxy) is 2. The fraction of sp³-hybridized carbons (Fsp3) is 0.600. The van der Waals surface area contributed by atoms with Crippen LogP contribution in [0.2, 0.25) is 0 Å². The van der Waals surface area contributed by atoms with Crippen molar-refractivity contribution in [3.63, 3.8) is 0 Å². The van der Waals surface area contributed by atoms with E-state index in [1.165, 1.54) is 32.4 Å². The van der Waals surface area contributed by atoms with Crippen LogP contribution in [0.3, 0.4) is 0 Å². The monoisotopic (exact) mass is 392 g/mol. The molecule has 142 valence electrons. The SMILES string of the molecule is COc1ccc(S(=O)(=O)NCCS(=O)(=O)NC2CCCC2)cc1OC. The van der Waals surface area contributed by atoms with Crippen molar-refractivity contribution in [2.45, 2.75) is 36.6 Å². The normalized spacial score (nSPS) is 16.1.